The van der Waals surface area contributed by atoms with E-state index >= 15 is 0 Å². The Labute approximate surface area is 152 Å². The molecule has 7 heteroatoms. The number of amides is 2. The summed E-state index contributed by atoms with van der Waals surface area (Å²) in [7, 11) is 0. The van der Waals surface area contributed by atoms with Crippen LogP contribution in [0.25, 0.3) is 11.2 Å². The first-order valence-electron chi connectivity index (χ1n) is 9.12. The van der Waals surface area contributed by atoms with E-state index in [0.29, 0.717) is 13.1 Å². The van der Waals surface area contributed by atoms with E-state index in [1.54, 1.807) is 6.26 Å². The Morgan fingerprint density at radius 2 is 2.31 bits per heavy atom. The zero-order valence-corrected chi connectivity index (χ0v) is 14.9. The molecule has 1 N–H and O–H groups in total. The quantitative estimate of drug-likeness (QED) is 0.764. The molecule has 1 fully saturated rings. The van der Waals surface area contributed by atoms with E-state index in [-0.39, 0.29) is 11.9 Å². The van der Waals surface area contributed by atoms with Gasteiger partial charge in [0, 0.05) is 31.7 Å². The fourth-order valence-corrected chi connectivity index (χ4v) is 3.57. The van der Waals surface area contributed by atoms with Gasteiger partial charge in [0.25, 0.3) is 0 Å². The number of pyridine rings is 1. The summed E-state index contributed by atoms with van der Waals surface area (Å²) >= 11 is 0. The molecular weight excluding hydrogens is 330 g/mol. The number of urea groups is 1. The highest BCUT2D eigenvalue weighted by Crippen LogP contribution is 2.29. The molecule has 1 atom stereocenters. The maximum atomic E-state index is 12.4. The van der Waals surface area contributed by atoms with E-state index in [0.717, 1.165) is 48.7 Å². The third-order valence-corrected chi connectivity index (χ3v) is 4.82. The van der Waals surface area contributed by atoms with Gasteiger partial charge in [-0.15, -0.1) is 0 Å². The zero-order valence-electron chi connectivity index (χ0n) is 14.9. The third-order valence-electron chi connectivity index (χ3n) is 4.82. The first kappa shape index (κ1) is 16.6. The minimum atomic E-state index is -0.0554. The number of furan rings is 1. The summed E-state index contributed by atoms with van der Waals surface area (Å²) < 4.78 is 7.47. The number of rotatable bonds is 5. The Morgan fingerprint density at radius 3 is 3.12 bits per heavy atom. The molecule has 1 aliphatic rings. The second kappa shape index (κ2) is 7.19. The van der Waals surface area contributed by atoms with Gasteiger partial charge in [0.2, 0.25) is 0 Å². The summed E-state index contributed by atoms with van der Waals surface area (Å²) in [5.41, 5.74) is 1.86. The number of aryl methyl sites for hydroxylation is 1. The van der Waals surface area contributed by atoms with Gasteiger partial charge in [-0.1, -0.05) is 6.92 Å². The summed E-state index contributed by atoms with van der Waals surface area (Å²) in [6.07, 6.45) is 5.36. The van der Waals surface area contributed by atoms with Gasteiger partial charge < -0.3 is 19.2 Å². The summed E-state index contributed by atoms with van der Waals surface area (Å²) in [6.45, 7) is 4.87. The summed E-state index contributed by atoms with van der Waals surface area (Å²) in [6, 6.07) is 7.53. The van der Waals surface area contributed by atoms with Gasteiger partial charge in [-0.2, -0.15) is 0 Å². The second-order valence-electron chi connectivity index (χ2n) is 6.64. The number of imidazole rings is 1. The van der Waals surface area contributed by atoms with Crippen molar-refractivity contribution in [1.29, 1.82) is 0 Å². The Morgan fingerprint density at radius 1 is 1.38 bits per heavy atom. The minimum Gasteiger partial charge on any atom is -0.467 e. The van der Waals surface area contributed by atoms with Crippen LogP contribution in [0.5, 0.6) is 0 Å². The number of hydrogen-bond donors (Lipinski definition) is 1. The van der Waals surface area contributed by atoms with Crippen LogP contribution in [0.3, 0.4) is 0 Å². The second-order valence-corrected chi connectivity index (χ2v) is 6.64. The van der Waals surface area contributed by atoms with Crippen molar-refractivity contribution >= 4 is 17.2 Å². The molecular formula is C19H23N5O2. The Bertz CT molecular complexity index is 887. The van der Waals surface area contributed by atoms with Crippen molar-refractivity contribution in [1.82, 2.24) is 24.8 Å². The highest BCUT2D eigenvalue weighted by atomic mass is 16.3. The van der Waals surface area contributed by atoms with Crippen LogP contribution in [0.4, 0.5) is 4.79 Å². The fraction of sp³-hybridized carbons (Fsp3) is 0.421. The van der Waals surface area contributed by atoms with Gasteiger partial charge in [-0.05, 0) is 37.1 Å². The van der Waals surface area contributed by atoms with Gasteiger partial charge in [-0.25, -0.2) is 14.8 Å². The van der Waals surface area contributed by atoms with Gasteiger partial charge in [0.15, 0.2) is 5.65 Å². The molecule has 0 aliphatic carbocycles. The molecule has 0 bridgehead atoms. The standard InChI is InChI=1S/C19H23N5O2/c1-2-9-24-17(22-16-6-3-8-20-18(16)24)14-7-10-23(13-14)19(25)21-12-15-5-4-11-26-15/h3-6,8,11,14H,2,7,9-10,12-13H2,1H3,(H,21,25)/t14-/m1/s1. The molecule has 0 saturated carbocycles. The molecule has 7 nitrogen and oxygen atoms in total. The largest absolute Gasteiger partial charge is 0.467 e. The van der Waals surface area contributed by atoms with Crippen LogP contribution < -0.4 is 5.32 Å². The number of carbonyl (C=O) groups excluding carboxylic acids is 1. The smallest absolute Gasteiger partial charge is 0.317 e. The van der Waals surface area contributed by atoms with Crippen LogP contribution in [0.2, 0.25) is 0 Å². The van der Waals surface area contributed by atoms with Gasteiger partial charge in [-0.3, -0.25) is 0 Å². The molecule has 3 aromatic heterocycles. The number of fused-ring (bicyclic) bond motifs is 1. The van der Waals surface area contributed by atoms with E-state index in [9.17, 15) is 4.79 Å². The lowest BCUT2D eigenvalue weighted by Crippen LogP contribution is -2.38. The monoisotopic (exact) mass is 353 g/mol. The van der Waals surface area contributed by atoms with Crippen LogP contribution in [0.15, 0.2) is 41.1 Å². The lowest BCUT2D eigenvalue weighted by Gasteiger charge is -2.17. The Hall–Kier alpha value is -2.83. The van der Waals surface area contributed by atoms with Crippen molar-refractivity contribution in [3.63, 3.8) is 0 Å². The molecule has 1 aliphatic heterocycles. The maximum Gasteiger partial charge on any atom is 0.317 e. The molecule has 136 valence electrons. The summed E-state index contributed by atoms with van der Waals surface area (Å²) in [5, 5.41) is 2.92. The van der Waals surface area contributed by atoms with Crippen molar-refractivity contribution in [2.75, 3.05) is 13.1 Å². The highest BCUT2D eigenvalue weighted by Gasteiger charge is 2.31. The number of likely N-dealkylation sites (tertiary alicyclic amines) is 1. The van der Waals surface area contributed by atoms with Crippen LogP contribution in [-0.2, 0) is 13.1 Å². The zero-order chi connectivity index (χ0) is 17.9. The number of nitrogens with one attached hydrogen (secondary N) is 1. The molecule has 26 heavy (non-hydrogen) atoms. The maximum absolute atomic E-state index is 12.4. The van der Waals surface area contributed by atoms with E-state index in [1.165, 1.54) is 0 Å². The SMILES string of the molecule is CCCn1c([C@@H]2CCN(C(=O)NCc3ccco3)C2)nc2cccnc21. The lowest BCUT2D eigenvalue weighted by molar-refractivity contribution is 0.206. The van der Waals surface area contributed by atoms with Crippen LogP contribution >= 0.6 is 0 Å². The average molecular weight is 353 g/mol. The van der Waals surface area contributed by atoms with E-state index < -0.39 is 0 Å². The van der Waals surface area contributed by atoms with E-state index in [2.05, 4.69) is 21.8 Å². The van der Waals surface area contributed by atoms with Gasteiger partial charge in [0.1, 0.15) is 17.1 Å². The lowest BCUT2D eigenvalue weighted by atomic mass is 10.1. The Balaban J connectivity index is 1.47. The minimum absolute atomic E-state index is 0.0554. The predicted octanol–water partition coefficient (Wildman–Crippen LogP) is 3.13. The molecule has 0 radical (unpaired) electrons. The van der Waals surface area contributed by atoms with Gasteiger partial charge in [0.05, 0.1) is 12.8 Å². The van der Waals surface area contributed by atoms with Crippen molar-refractivity contribution in [3.8, 4) is 0 Å². The van der Waals surface area contributed by atoms with Crippen molar-refractivity contribution in [3.05, 3.63) is 48.3 Å². The topological polar surface area (TPSA) is 76.2 Å². The average Bonchev–Trinajstić information content (AvgIpc) is 3.40. The fourth-order valence-electron chi connectivity index (χ4n) is 3.57. The predicted molar refractivity (Wildman–Crippen MR) is 97.7 cm³/mol. The molecule has 0 unspecified atom stereocenters. The number of carbonyl (C=O) groups is 1. The van der Waals surface area contributed by atoms with E-state index in [4.69, 9.17) is 9.40 Å². The number of aromatic nitrogens is 3. The Kier molecular flexibility index (Phi) is 4.60. The molecule has 3 aromatic rings. The molecule has 4 rings (SSSR count). The normalized spacial score (nSPS) is 17.1. The van der Waals surface area contributed by atoms with Crippen LogP contribution in [0, 0.1) is 0 Å². The number of nitrogens with zero attached hydrogens (tertiary/aromatic N) is 4. The molecule has 4 heterocycles. The van der Waals surface area contributed by atoms with Crippen LogP contribution in [0.1, 0.15) is 37.3 Å². The van der Waals surface area contributed by atoms with Crippen molar-refractivity contribution < 1.29 is 9.21 Å². The molecule has 0 spiro atoms. The first-order valence-corrected chi connectivity index (χ1v) is 9.12. The van der Waals surface area contributed by atoms with Crippen molar-refractivity contribution in [2.24, 2.45) is 0 Å². The van der Waals surface area contributed by atoms with E-state index in [1.807, 2.05) is 35.4 Å². The van der Waals surface area contributed by atoms with Crippen molar-refractivity contribution in [2.45, 2.75) is 38.8 Å². The molecule has 0 aromatic carbocycles. The number of hydrogen-bond acceptors (Lipinski definition) is 4. The molecule has 1 saturated heterocycles. The summed E-state index contributed by atoms with van der Waals surface area (Å²) in [4.78, 5) is 23.6. The third kappa shape index (κ3) is 3.16. The first-order chi connectivity index (χ1) is 12.8. The highest BCUT2D eigenvalue weighted by molar-refractivity contribution is 5.75. The summed E-state index contributed by atoms with van der Waals surface area (Å²) in [5.74, 6) is 2.04. The van der Waals surface area contributed by atoms with Gasteiger partial charge >= 0.3 is 6.03 Å². The molecule has 2 amide bonds. The van der Waals surface area contributed by atoms with Crippen LogP contribution in [-0.4, -0.2) is 38.6 Å².